The third-order valence-corrected chi connectivity index (χ3v) is 4.50. The normalized spacial score (nSPS) is 15.4. The van der Waals surface area contributed by atoms with Crippen LogP contribution in [0.1, 0.15) is 36.8 Å². The monoisotopic (exact) mass is 288 g/mol. The van der Waals surface area contributed by atoms with Crippen LogP contribution < -0.4 is 0 Å². The largest absolute Gasteiger partial charge is 0.342 e. The molecule has 0 saturated carbocycles. The van der Waals surface area contributed by atoms with E-state index in [1.54, 1.807) is 17.8 Å². The van der Waals surface area contributed by atoms with Gasteiger partial charge in [0.15, 0.2) is 0 Å². The van der Waals surface area contributed by atoms with E-state index in [0.29, 0.717) is 11.3 Å². The van der Waals surface area contributed by atoms with Gasteiger partial charge in [0.1, 0.15) is 0 Å². The van der Waals surface area contributed by atoms with Crippen molar-refractivity contribution in [2.24, 2.45) is 0 Å². The molecular weight excluding hydrogens is 268 g/mol. The molecule has 20 heavy (non-hydrogen) atoms. The molecule has 0 atom stereocenters. The van der Waals surface area contributed by atoms with Crippen LogP contribution in [0.2, 0.25) is 0 Å². The fourth-order valence-corrected chi connectivity index (χ4v) is 3.27. The number of hydrogen-bond donors (Lipinski definition) is 0. The molecule has 1 saturated heterocycles. The van der Waals surface area contributed by atoms with E-state index >= 15 is 0 Å². The predicted molar refractivity (Wildman–Crippen MR) is 82.4 cm³/mol. The summed E-state index contributed by atoms with van der Waals surface area (Å²) in [5.41, 5.74) is 1.79. The smallest absolute Gasteiger partial charge is 0.232 e. The molecular formula is C16H20N2OS. The van der Waals surface area contributed by atoms with E-state index in [0.717, 1.165) is 37.2 Å². The van der Waals surface area contributed by atoms with E-state index in [2.05, 4.69) is 6.07 Å². The van der Waals surface area contributed by atoms with Crippen molar-refractivity contribution in [1.29, 1.82) is 5.26 Å². The Hall–Kier alpha value is -1.47. The summed E-state index contributed by atoms with van der Waals surface area (Å²) < 4.78 is 0. The Morgan fingerprint density at radius 3 is 2.70 bits per heavy atom. The lowest BCUT2D eigenvalue weighted by Crippen LogP contribution is -2.33. The second-order valence-electron chi connectivity index (χ2n) is 5.10. The zero-order chi connectivity index (χ0) is 14.2. The van der Waals surface area contributed by atoms with E-state index in [1.807, 2.05) is 23.1 Å². The number of hydrogen-bond acceptors (Lipinski definition) is 3. The molecule has 0 bridgehead atoms. The first kappa shape index (κ1) is 14.9. The Morgan fingerprint density at radius 2 is 2.00 bits per heavy atom. The van der Waals surface area contributed by atoms with Crippen LogP contribution >= 0.6 is 11.8 Å². The number of likely N-dealkylation sites (tertiary alicyclic amines) is 1. The maximum Gasteiger partial charge on any atom is 0.232 e. The first-order valence-corrected chi connectivity index (χ1v) is 8.29. The lowest BCUT2D eigenvalue weighted by molar-refractivity contribution is -0.128. The van der Waals surface area contributed by atoms with Crippen molar-refractivity contribution >= 4 is 17.7 Å². The molecule has 2 rings (SSSR count). The van der Waals surface area contributed by atoms with Crippen molar-refractivity contribution in [3.8, 4) is 6.07 Å². The first-order chi connectivity index (χ1) is 9.79. The SMILES string of the molecule is N#Cc1cccc(CSCC(=O)N2CCCCCC2)c1. The lowest BCUT2D eigenvalue weighted by Gasteiger charge is -2.19. The number of nitrogens with zero attached hydrogens (tertiary/aromatic N) is 2. The van der Waals surface area contributed by atoms with Gasteiger partial charge in [-0.2, -0.15) is 5.26 Å². The average molecular weight is 288 g/mol. The van der Waals surface area contributed by atoms with Crippen LogP contribution in [0.15, 0.2) is 24.3 Å². The van der Waals surface area contributed by atoms with Gasteiger partial charge in [0.2, 0.25) is 5.91 Å². The van der Waals surface area contributed by atoms with Gasteiger partial charge in [-0.25, -0.2) is 0 Å². The van der Waals surface area contributed by atoms with E-state index in [9.17, 15) is 4.79 Å². The minimum absolute atomic E-state index is 0.258. The Labute approximate surface area is 125 Å². The molecule has 0 aliphatic carbocycles. The Bertz CT molecular complexity index is 487. The molecule has 1 aliphatic heterocycles. The Kier molecular flexibility index (Phi) is 5.94. The zero-order valence-corrected chi connectivity index (χ0v) is 12.5. The van der Waals surface area contributed by atoms with Gasteiger partial charge in [-0.05, 0) is 30.5 Å². The summed E-state index contributed by atoms with van der Waals surface area (Å²) >= 11 is 1.63. The maximum absolute atomic E-state index is 12.1. The van der Waals surface area contributed by atoms with Crippen molar-refractivity contribution in [2.75, 3.05) is 18.8 Å². The maximum atomic E-state index is 12.1. The fraction of sp³-hybridized carbons (Fsp3) is 0.500. The molecule has 1 heterocycles. The number of thioether (sulfide) groups is 1. The third kappa shape index (κ3) is 4.57. The number of carbonyl (C=O) groups excluding carboxylic acids is 1. The number of nitriles is 1. The summed E-state index contributed by atoms with van der Waals surface area (Å²) in [7, 11) is 0. The van der Waals surface area contributed by atoms with Gasteiger partial charge in [0.05, 0.1) is 17.4 Å². The van der Waals surface area contributed by atoms with Crippen molar-refractivity contribution < 1.29 is 4.79 Å². The molecule has 1 aliphatic rings. The minimum Gasteiger partial charge on any atom is -0.342 e. The molecule has 3 nitrogen and oxygen atoms in total. The highest BCUT2D eigenvalue weighted by Gasteiger charge is 2.15. The highest BCUT2D eigenvalue weighted by molar-refractivity contribution is 7.99. The van der Waals surface area contributed by atoms with E-state index in [-0.39, 0.29) is 5.91 Å². The van der Waals surface area contributed by atoms with Gasteiger partial charge in [0.25, 0.3) is 0 Å². The molecule has 106 valence electrons. The fourth-order valence-electron chi connectivity index (χ4n) is 2.40. The minimum atomic E-state index is 0.258. The quantitative estimate of drug-likeness (QED) is 0.854. The van der Waals surface area contributed by atoms with Crippen LogP contribution in [0.3, 0.4) is 0 Å². The topological polar surface area (TPSA) is 44.1 Å². The summed E-state index contributed by atoms with van der Waals surface area (Å²) in [6, 6.07) is 9.73. The van der Waals surface area contributed by atoms with Crippen LogP contribution in [-0.4, -0.2) is 29.6 Å². The van der Waals surface area contributed by atoms with Crippen LogP contribution in [-0.2, 0) is 10.5 Å². The number of amides is 1. The van der Waals surface area contributed by atoms with Crippen molar-refractivity contribution in [2.45, 2.75) is 31.4 Å². The predicted octanol–water partition coefficient (Wildman–Crippen LogP) is 3.19. The first-order valence-electron chi connectivity index (χ1n) is 7.14. The van der Waals surface area contributed by atoms with Gasteiger partial charge in [-0.15, -0.1) is 11.8 Å². The number of benzene rings is 1. The lowest BCUT2D eigenvalue weighted by atomic mass is 10.2. The second kappa shape index (κ2) is 7.96. The van der Waals surface area contributed by atoms with Crippen LogP contribution in [0, 0.1) is 11.3 Å². The third-order valence-electron chi connectivity index (χ3n) is 3.51. The van der Waals surface area contributed by atoms with Crippen molar-refractivity contribution in [1.82, 2.24) is 4.90 Å². The second-order valence-corrected chi connectivity index (χ2v) is 6.09. The molecule has 1 aromatic rings. The standard InChI is InChI=1S/C16H20N2OS/c17-11-14-6-5-7-15(10-14)12-20-13-16(19)18-8-3-1-2-4-9-18/h5-7,10H,1-4,8-9,12-13H2. The van der Waals surface area contributed by atoms with Gasteiger partial charge >= 0.3 is 0 Å². The van der Waals surface area contributed by atoms with Gasteiger partial charge in [-0.3, -0.25) is 4.79 Å². The molecule has 4 heteroatoms. The number of carbonyl (C=O) groups is 1. The molecule has 0 aromatic heterocycles. The molecule has 1 fully saturated rings. The molecule has 0 radical (unpaired) electrons. The summed E-state index contributed by atoms with van der Waals surface area (Å²) in [4.78, 5) is 14.1. The van der Waals surface area contributed by atoms with Crippen LogP contribution in [0.5, 0.6) is 0 Å². The molecule has 0 spiro atoms. The molecule has 1 aromatic carbocycles. The summed E-state index contributed by atoms with van der Waals surface area (Å²) in [6.45, 7) is 1.84. The molecule has 1 amide bonds. The number of rotatable bonds is 4. The van der Waals surface area contributed by atoms with Crippen LogP contribution in [0.4, 0.5) is 0 Å². The van der Waals surface area contributed by atoms with E-state index < -0.39 is 0 Å². The summed E-state index contributed by atoms with van der Waals surface area (Å²) in [6.07, 6.45) is 4.77. The van der Waals surface area contributed by atoms with Gasteiger partial charge in [-0.1, -0.05) is 25.0 Å². The Morgan fingerprint density at radius 1 is 1.25 bits per heavy atom. The molecule has 0 N–H and O–H groups in total. The Balaban J connectivity index is 1.77. The highest BCUT2D eigenvalue weighted by atomic mass is 32.2. The average Bonchev–Trinajstić information content (AvgIpc) is 2.76. The van der Waals surface area contributed by atoms with Crippen molar-refractivity contribution in [3.63, 3.8) is 0 Å². The van der Waals surface area contributed by atoms with Gasteiger partial charge < -0.3 is 4.90 Å². The summed E-state index contributed by atoms with van der Waals surface area (Å²) in [5, 5.41) is 8.85. The van der Waals surface area contributed by atoms with Gasteiger partial charge in [0, 0.05) is 18.8 Å². The highest BCUT2D eigenvalue weighted by Crippen LogP contribution is 2.16. The van der Waals surface area contributed by atoms with E-state index in [1.165, 1.54) is 12.8 Å². The zero-order valence-electron chi connectivity index (χ0n) is 11.7. The molecule has 0 unspecified atom stereocenters. The van der Waals surface area contributed by atoms with Crippen LogP contribution in [0.25, 0.3) is 0 Å². The van der Waals surface area contributed by atoms with E-state index in [4.69, 9.17) is 5.26 Å². The summed E-state index contributed by atoms with van der Waals surface area (Å²) in [5.74, 6) is 1.58. The van der Waals surface area contributed by atoms with Crippen molar-refractivity contribution in [3.05, 3.63) is 35.4 Å².